The Hall–Kier alpha value is -0.600. The van der Waals surface area contributed by atoms with Crippen LogP contribution >= 0.6 is 11.6 Å². The summed E-state index contributed by atoms with van der Waals surface area (Å²) in [6.07, 6.45) is 10.5. The van der Waals surface area contributed by atoms with Crippen LogP contribution < -0.4 is 5.73 Å². The van der Waals surface area contributed by atoms with Gasteiger partial charge >= 0.3 is 0 Å². The lowest BCUT2D eigenvalue weighted by Gasteiger charge is -2.12. The second-order valence-corrected chi connectivity index (χ2v) is 4.69. The van der Waals surface area contributed by atoms with Gasteiger partial charge in [0.25, 0.3) is 0 Å². The van der Waals surface area contributed by atoms with E-state index < -0.39 is 0 Å². The summed E-state index contributed by atoms with van der Waals surface area (Å²) in [5.74, 6) is 0. The number of hydrogen-bond acceptors (Lipinski definition) is 2. The van der Waals surface area contributed by atoms with Gasteiger partial charge in [-0.15, -0.1) is 0 Å². The molecule has 1 aromatic rings. The number of nitrogens with zero attached hydrogens (tertiary/aromatic N) is 1. The Balaban J connectivity index is 2.28. The lowest BCUT2D eigenvalue weighted by atomic mass is 10.0. The van der Waals surface area contributed by atoms with Crippen LogP contribution in [0.2, 0.25) is 5.02 Å². The van der Waals surface area contributed by atoms with Crippen molar-refractivity contribution in [3.63, 3.8) is 0 Å². The Morgan fingerprint density at radius 1 is 1.38 bits per heavy atom. The predicted molar refractivity (Wildman–Crippen MR) is 69.7 cm³/mol. The zero-order valence-corrected chi connectivity index (χ0v) is 10.7. The molecule has 0 aliphatic heterocycles. The lowest BCUT2D eigenvalue weighted by Crippen LogP contribution is -2.22. The standard InChI is InChI=1S/C13H21ClN2/c1-2-3-4-5-6-12(15)9-11-7-8-16-10-13(11)14/h7-8,10,12H,2-6,9,15H2,1H3. The van der Waals surface area contributed by atoms with Crippen molar-refractivity contribution in [1.29, 1.82) is 0 Å². The maximum Gasteiger partial charge on any atom is 0.0621 e. The molecule has 2 nitrogen and oxygen atoms in total. The van der Waals surface area contributed by atoms with Crippen LogP contribution in [0.25, 0.3) is 0 Å². The molecule has 0 aliphatic rings. The molecule has 1 heterocycles. The number of aromatic nitrogens is 1. The van der Waals surface area contributed by atoms with E-state index in [4.69, 9.17) is 17.3 Å². The van der Waals surface area contributed by atoms with E-state index in [2.05, 4.69) is 11.9 Å². The fraction of sp³-hybridized carbons (Fsp3) is 0.615. The first-order valence-electron chi connectivity index (χ1n) is 6.08. The highest BCUT2D eigenvalue weighted by molar-refractivity contribution is 6.31. The maximum atomic E-state index is 6.08. The van der Waals surface area contributed by atoms with Gasteiger partial charge in [0, 0.05) is 18.4 Å². The molecule has 1 aromatic heterocycles. The van der Waals surface area contributed by atoms with E-state index in [9.17, 15) is 0 Å². The van der Waals surface area contributed by atoms with Gasteiger partial charge in [-0.2, -0.15) is 0 Å². The lowest BCUT2D eigenvalue weighted by molar-refractivity contribution is 0.546. The number of halogens is 1. The van der Waals surface area contributed by atoms with E-state index in [1.54, 1.807) is 12.4 Å². The summed E-state index contributed by atoms with van der Waals surface area (Å²) < 4.78 is 0. The van der Waals surface area contributed by atoms with Crippen LogP contribution in [0.4, 0.5) is 0 Å². The highest BCUT2D eigenvalue weighted by atomic mass is 35.5. The molecule has 3 heteroatoms. The summed E-state index contributed by atoms with van der Waals surface area (Å²) in [4.78, 5) is 3.97. The third-order valence-electron chi connectivity index (χ3n) is 2.77. The first-order chi connectivity index (χ1) is 7.74. The molecule has 0 spiro atoms. The van der Waals surface area contributed by atoms with Gasteiger partial charge in [0.2, 0.25) is 0 Å². The van der Waals surface area contributed by atoms with Gasteiger partial charge in [-0.05, 0) is 24.5 Å². The van der Waals surface area contributed by atoms with Gasteiger partial charge in [-0.25, -0.2) is 0 Å². The molecule has 0 radical (unpaired) electrons. The quantitative estimate of drug-likeness (QED) is 0.740. The highest BCUT2D eigenvalue weighted by Gasteiger charge is 2.06. The van der Waals surface area contributed by atoms with Crippen molar-refractivity contribution in [2.75, 3.05) is 0 Å². The molecule has 0 bridgehead atoms. The van der Waals surface area contributed by atoms with Crippen LogP contribution in [-0.4, -0.2) is 11.0 Å². The Morgan fingerprint density at radius 2 is 2.19 bits per heavy atom. The Kier molecular flexibility index (Phi) is 6.43. The molecule has 0 aliphatic carbocycles. The van der Waals surface area contributed by atoms with Gasteiger partial charge in [0.15, 0.2) is 0 Å². The molecule has 0 saturated carbocycles. The van der Waals surface area contributed by atoms with Crippen molar-refractivity contribution >= 4 is 11.6 Å². The second kappa shape index (κ2) is 7.64. The van der Waals surface area contributed by atoms with Crippen LogP contribution in [-0.2, 0) is 6.42 Å². The summed E-state index contributed by atoms with van der Waals surface area (Å²) in [6, 6.07) is 2.17. The van der Waals surface area contributed by atoms with Gasteiger partial charge in [-0.1, -0.05) is 44.2 Å². The van der Waals surface area contributed by atoms with Gasteiger partial charge in [-0.3, -0.25) is 4.98 Å². The van der Waals surface area contributed by atoms with Gasteiger partial charge in [0.1, 0.15) is 0 Å². The molecule has 0 saturated heterocycles. The second-order valence-electron chi connectivity index (χ2n) is 4.28. The Bertz CT molecular complexity index is 302. The van der Waals surface area contributed by atoms with Crippen molar-refractivity contribution in [3.05, 3.63) is 29.0 Å². The molecule has 2 N–H and O–H groups in total. The zero-order valence-electron chi connectivity index (χ0n) is 9.95. The topological polar surface area (TPSA) is 38.9 Å². The SMILES string of the molecule is CCCCCCC(N)Cc1ccncc1Cl. The monoisotopic (exact) mass is 240 g/mol. The average Bonchev–Trinajstić information content (AvgIpc) is 2.28. The van der Waals surface area contributed by atoms with Crippen molar-refractivity contribution in [1.82, 2.24) is 4.98 Å². The molecule has 0 aromatic carbocycles. The first kappa shape index (κ1) is 13.5. The molecule has 1 atom stereocenters. The predicted octanol–water partition coefficient (Wildman–Crippen LogP) is 3.58. The Labute approximate surface area is 103 Å². The summed E-state index contributed by atoms with van der Waals surface area (Å²) in [7, 11) is 0. The van der Waals surface area contributed by atoms with E-state index in [-0.39, 0.29) is 6.04 Å². The van der Waals surface area contributed by atoms with Crippen molar-refractivity contribution in [2.24, 2.45) is 5.73 Å². The van der Waals surface area contributed by atoms with Gasteiger partial charge < -0.3 is 5.73 Å². The number of pyridine rings is 1. The minimum absolute atomic E-state index is 0.219. The van der Waals surface area contributed by atoms with E-state index in [1.807, 2.05) is 6.07 Å². The molecule has 90 valence electrons. The van der Waals surface area contributed by atoms with Crippen molar-refractivity contribution in [2.45, 2.75) is 51.5 Å². The molecular weight excluding hydrogens is 220 g/mol. The smallest absolute Gasteiger partial charge is 0.0621 e. The number of unbranched alkanes of at least 4 members (excludes halogenated alkanes) is 3. The molecule has 1 rings (SSSR count). The van der Waals surface area contributed by atoms with Crippen LogP contribution in [0.15, 0.2) is 18.5 Å². The van der Waals surface area contributed by atoms with Crippen LogP contribution in [0.5, 0.6) is 0 Å². The van der Waals surface area contributed by atoms with E-state index >= 15 is 0 Å². The molecule has 1 unspecified atom stereocenters. The van der Waals surface area contributed by atoms with E-state index in [0.717, 1.165) is 23.4 Å². The summed E-state index contributed by atoms with van der Waals surface area (Å²) in [5.41, 5.74) is 7.19. The van der Waals surface area contributed by atoms with Gasteiger partial charge in [0.05, 0.1) is 5.02 Å². The fourth-order valence-corrected chi connectivity index (χ4v) is 1.98. The molecule has 0 amide bonds. The molecule has 0 fully saturated rings. The van der Waals surface area contributed by atoms with Crippen molar-refractivity contribution < 1.29 is 0 Å². The third-order valence-corrected chi connectivity index (χ3v) is 3.11. The van der Waals surface area contributed by atoms with Crippen LogP contribution in [0.3, 0.4) is 0 Å². The summed E-state index contributed by atoms with van der Waals surface area (Å²) in [5, 5.41) is 0.728. The Morgan fingerprint density at radius 3 is 2.88 bits per heavy atom. The van der Waals surface area contributed by atoms with Crippen LogP contribution in [0, 0.1) is 0 Å². The van der Waals surface area contributed by atoms with Crippen LogP contribution in [0.1, 0.15) is 44.6 Å². The average molecular weight is 241 g/mol. The number of hydrogen-bond donors (Lipinski definition) is 1. The normalized spacial score (nSPS) is 12.7. The van der Waals surface area contributed by atoms with E-state index in [1.165, 1.54) is 25.7 Å². The maximum absolute atomic E-state index is 6.08. The fourth-order valence-electron chi connectivity index (χ4n) is 1.79. The summed E-state index contributed by atoms with van der Waals surface area (Å²) >= 11 is 6.03. The van der Waals surface area contributed by atoms with Crippen molar-refractivity contribution in [3.8, 4) is 0 Å². The number of rotatable bonds is 7. The first-order valence-corrected chi connectivity index (χ1v) is 6.45. The zero-order chi connectivity index (χ0) is 11.8. The number of nitrogens with two attached hydrogens (primary N) is 1. The molecular formula is C13H21ClN2. The molecule has 16 heavy (non-hydrogen) atoms. The largest absolute Gasteiger partial charge is 0.327 e. The van der Waals surface area contributed by atoms with E-state index in [0.29, 0.717) is 0 Å². The highest BCUT2D eigenvalue weighted by Crippen LogP contribution is 2.16. The summed E-state index contributed by atoms with van der Waals surface area (Å²) in [6.45, 7) is 2.22. The third kappa shape index (κ3) is 4.95. The minimum Gasteiger partial charge on any atom is -0.327 e. The minimum atomic E-state index is 0.219.